The van der Waals surface area contributed by atoms with E-state index in [2.05, 4.69) is 9.97 Å². The summed E-state index contributed by atoms with van der Waals surface area (Å²) < 4.78 is 38.1. The van der Waals surface area contributed by atoms with Crippen LogP contribution in [0.25, 0.3) is 11.1 Å². The van der Waals surface area contributed by atoms with Crippen molar-refractivity contribution in [3.8, 4) is 11.1 Å². The van der Waals surface area contributed by atoms with Crippen molar-refractivity contribution in [1.29, 1.82) is 0 Å². The van der Waals surface area contributed by atoms with Crippen LogP contribution in [0.1, 0.15) is 46.2 Å². The molecule has 4 rings (SSSR count). The molecule has 1 aliphatic rings. The molecule has 0 spiro atoms. The SMILES string of the molecule is Cc1cnc(C2CCN(C(=O)c3ccc(-c4ccc(C(F)(F)F)cc4)cc3)CC2)[nH]1. The lowest BCUT2D eigenvalue weighted by atomic mass is 9.95. The Morgan fingerprint density at radius 2 is 1.57 bits per heavy atom. The molecular formula is C23H22F3N3O. The van der Waals surface area contributed by atoms with Crippen LogP contribution in [0.3, 0.4) is 0 Å². The van der Waals surface area contributed by atoms with Crippen LogP contribution in [0.5, 0.6) is 0 Å². The van der Waals surface area contributed by atoms with Gasteiger partial charge >= 0.3 is 6.18 Å². The number of benzene rings is 2. The van der Waals surface area contributed by atoms with Crippen molar-refractivity contribution in [2.45, 2.75) is 31.9 Å². The average molecular weight is 413 g/mol. The molecule has 1 aromatic heterocycles. The number of amides is 1. The Kier molecular flexibility index (Phi) is 5.37. The number of nitrogens with zero attached hydrogens (tertiary/aromatic N) is 2. The number of H-pyrrole nitrogens is 1. The normalized spacial score (nSPS) is 15.4. The smallest absolute Gasteiger partial charge is 0.346 e. The molecule has 1 amide bonds. The monoisotopic (exact) mass is 413 g/mol. The highest BCUT2D eigenvalue weighted by Crippen LogP contribution is 2.31. The highest BCUT2D eigenvalue weighted by Gasteiger charge is 2.30. The minimum Gasteiger partial charge on any atom is -0.346 e. The minimum absolute atomic E-state index is 0.0250. The Labute approximate surface area is 172 Å². The van der Waals surface area contributed by atoms with Crippen LogP contribution in [0, 0.1) is 6.92 Å². The van der Waals surface area contributed by atoms with Gasteiger partial charge in [-0.2, -0.15) is 13.2 Å². The third-order valence-electron chi connectivity index (χ3n) is 5.57. The largest absolute Gasteiger partial charge is 0.416 e. The van der Waals surface area contributed by atoms with E-state index in [-0.39, 0.29) is 5.91 Å². The Bertz CT molecular complexity index is 1020. The second-order valence-corrected chi connectivity index (χ2v) is 7.67. The van der Waals surface area contributed by atoms with Gasteiger partial charge in [0.1, 0.15) is 5.82 Å². The molecular weight excluding hydrogens is 391 g/mol. The van der Waals surface area contributed by atoms with Gasteiger partial charge in [-0.3, -0.25) is 4.79 Å². The van der Waals surface area contributed by atoms with E-state index >= 15 is 0 Å². The highest BCUT2D eigenvalue weighted by atomic mass is 19.4. The van der Waals surface area contributed by atoms with Gasteiger partial charge in [-0.15, -0.1) is 0 Å². The number of hydrogen-bond donors (Lipinski definition) is 1. The van der Waals surface area contributed by atoms with Gasteiger partial charge in [0.2, 0.25) is 0 Å². The van der Waals surface area contributed by atoms with E-state index in [4.69, 9.17) is 0 Å². The number of nitrogens with one attached hydrogen (secondary N) is 1. The first-order chi connectivity index (χ1) is 14.3. The number of carbonyl (C=O) groups is 1. The summed E-state index contributed by atoms with van der Waals surface area (Å²) in [6.07, 6.45) is -0.798. The maximum absolute atomic E-state index is 12.8. The number of halogens is 3. The van der Waals surface area contributed by atoms with Gasteiger partial charge < -0.3 is 9.88 Å². The van der Waals surface area contributed by atoms with Crippen molar-refractivity contribution in [3.63, 3.8) is 0 Å². The number of aryl methyl sites for hydroxylation is 1. The topological polar surface area (TPSA) is 49.0 Å². The van der Waals surface area contributed by atoms with Gasteiger partial charge in [-0.1, -0.05) is 24.3 Å². The van der Waals surface area contributed by atoms with Gasteiger partial charge in [0.05, 0.1) is 5.56 Å². The number of imidazole rings is 1. The van der Waals surface area contributed by atoms with E-state index in [0.717, 1.165) is 42.1 Å². The first-order valence-corrected chi connectivity index (χ1v) is 9.90. The molecule has 0 unspecified atom stereocenters. The number of alkyl halides is 3. The van der Waals surface area contributed by atoms with E-state index in [1.165, 1.54) is 12.1 Å². The molecule has 1 N–H and O–H groups in total. The quantitative estimate of drug-likeness (QED) is 0.623. The van der Waals surface area contributed by atoms with Crippen molar-refractivity contribution in [3.05, 3.63) is 77.4 Å². The van der Waals surface area contributed by atoms with Gasteiger partial charge in [0.15, 0.2) is 0 Å². The molecule has 1 saturated heterocycles. The van der Waals surface area contributed by atoms with Crippen molar-refractivity contribution in [2.75, 3.05) is 13.1 Å². The number of hydrogen-bond acceptors (Lipinski definition) is 2. The molecule has 30 heavy (non-hydrogen) atoms. The molecule has 2 heterocycles. The molecule has 156 valence electrons. The van der Waals surface area contributed by atoms with Crippen molar-refractivity contribution >= 4 is 5.91 Å². The predicted molar refractivity (Wildman–Crippen MR) is 108 cm³/mol. The molecule has 0 aliphatic carbocycles. The van der Waals surface area contributed by atoms with Gasteiger partial charge in [-0.05, 0) is 55.2 Å². The lowest BCUT2D eigenvalue weighted by molar-refractivity contribution is -0.137. The van der Waals surface area contributed by atoms with Crippen molar-refractivity contribution in [1.82, 2.24) is 14.9 Å². The number of piperidine rings is 1. The maximum atomic E-state index is 12.8. The summed E-state index contributed by atoms with van der Waals surface area (Å²) in [5, 5.41) is 0. The number of aromatic amines is 1. The van der Waals surface area contributed by atoms with Crippen LogP contribution in [0.15, 0.2) is 54.7 Å². The number of rotatable bonds is 3. The maximum Gasteiger partial charge on any atom is 0.416 e. The van der Waals surface area contributed by atoms with E-state index in [1.54, 1.807) is 24.3 Å². The lowest BCUT2D eigenvalue weighted by Gasteiger charge is -2.31. The van der Waals surface area contributed by atoms with Crippen LogP contribution in [0.4, 0.5) is 13.2 Å². The average Bonchev–Trinajstić information content (AvgIpc) is 3.19. The molecule has 0 bridgehead atoms. The Morgan fingerprint density at radius 1 is 1.00 bits per heavy atom. The fourth-order valence-electron chi connectivity index (χ4n) is 3.84. The van der Waals surface area contributed by atoms with Gasteiger partial charge in [-0.25, -0.2) is 4.98 Å². The molecule has 2 aromatic carbocycles. The molecule has 0 radical (unpaired) electrons. The van der Waals surface area contributed by atoms with Gasteiger partial charge in [0.25, 0.3) is 5.91 Å². The summed E-state index contributed by atoms with van der Waals surface area (Å²) in [6.45, 7) is 3.32. The number of likely N-dealkylation sites (tertiary alicyclic amines) is 1. The second-order valence-electron chi connectivity index (χ2n) is 7.67. The summed E-state index contributed by atoms with van der Waals surface area (Å²) in [5.41, 5.74) is 2.39. The van der Waals surface area contributed by atoms with Crippen molar-refractivity contribution < 1.29 is 18.0 Å². The Morgan fingerprint density at radius 3 is 2.07 bits per heavy atom. The summed E-state index contributed by atoms with van der Waals surface area (Å²) in [6, 6.07) is 12.0. The zero-order valence-corrected chi connectivity index (χ0v) is 16.5. The van der Waals surface area contributed by atoms with Crippen LogP contribution >= 0.6 is 0 Å². The van der Waals surface area contributed by atoms with Gasteiger partial charge in [0, 0.05) is 36.5 Å². The van der Waals surface area contributed by atoms with E-state index in [1.807, 2.05) is 18.0 Å². The summed E-state index contributed by atoms with van der Waals surface area (Å²) in [4.78, 5) is 22.4. The molecule has 0 saturated carbocycles. The zero-order chi connectivity index (χ0) is 21.3. The van der Waals surface area contributed by atoms with Crippen LogP contribution < -0.4 is 0 Å². The van der Waals surface area contributed by atoms with Crippen LogP contribution in [-0.2, 0) is 6.18 Å². The third-order valence-corrected chi connectivity index (χ3v) is 5.57. The molecule has 3 aromatic rings. The van der Waals surface area contributed by atoms with E-state index in [0.29, 0.717) is 30.1 Å². The number of carbonyl (C=O) groups excluding carboxylic acids is 1. The molecule has 7 heteroatoms. The first-order valence-electron chi connectivity index (χ1n) is 9.90. The second kappa shape index (κ2) is 7.97. The predicted octanol–water partition coefficient (Wildman–Crippen LogP) is 5.42. The zero-order valence-electron chi connectivity index (χ0n) is 16.5. The van der Waals surface area contributed by atoms with Crippen LogP contribution in [0.2, 0.25) is 0 Å². The molecule has 0 atom stereocenters. The molecule has 4 nitrogen and oxygen atoms in total. The van der Waals surface area contributed by atoms with E-state index < -0.39 is 11.7 Å². The fraction of sp³-hybridized carbons (Fsp3) is 0.304. The minimum atomic E-state index is -4.35. The fourth-order valence-corrected chi connectivity index (χ4v) is 3.84. The summed E-state index contributed by atoms with van der Waals surface area (Å²) in [7, 11) is 0. The van der Waals surface area contributed by atoms with E-state index in [9.17, 15) is 18.0 Å². The Balaban J connectivity index is 1.40. The highest BCUT2D eigenvalue weighted by molar-refractivity contribution is 5.94. The lowest BCUT2D eigenvalue weighted by Crippen LogP contribution is -2.38. The van der Waals surface area contributed by atoms with Crippen LogP contribution in [-0.4, -0.2) is 33.9 Å². The standard InChI is InChI=1S/C23H22F3N3O/c1-15-14-27-21(28-15)18-10-12-29(13-11-18)22(30)19-4-2-16(3-5-19)17-6-8-20(9-7-17)23(24,25)26/h2-9,14,18H,10-13H2,1H3,(H,27,28). The Hall–Kier alpha value is -3.09. The summed E-state index contributed by atoms with van der Waals surface area (Å²) >= 11 is 0. The number of aromatic nitrogens is 2. The van der Waals surface area contributed by atoms with Crippen molar-refractivity contribution in [2.24, 2.45) is 0 Å². The molecule has 1 fully saturated rings. The third kappa shape index (κ3) is 4.25. The summed E-state index contributed by atoms with van der Waals surface area (Å²) in [5.74, 6) is 1.30. The first kappa shape index (κ1) is 20.2. The molecule has 1 aliphatic heterocycles.